The van der Waals surface area contributed by atoms with Crippen molar-refractivity contribution in [1.29, 1.82) is 0 Å². The number of carbonyl (C=O) groups excluding carboxylic acids is 1. The second-order valence-electron chi connectivity index (χ2n) is 10.3. The lowest BCUT2D eigenvalue weighted by molar-refractivity contribution is 0.0689. The molecule has 0 saturated heterocycles. The fraction of sp³-hybridized carbons (Fsp3) is 0.0588. The number of hydrogen-bond donors (Lipinski definition) is 1. The zero-order valence-electron chi connectivity index (χ0n) is 24.8. The minimum absolute atomic E-state index is 0.0361. The first kappa shape index (κ1) is 35.8. The molecule has 7 nitrogen and oxygen atoms in total. The number of aromatic nitrogens is 4. The Morgan fingerprint density at radius 3 is 1.27 bits per heavy atom. The summed E-state index contributed by atoms with van der Waals surface area (Å²) < 4.78 is 3.10. The summed E-state index contributed by atoms with van der Waals surface area (Å²) in [5.41, 5.74) is 5.42. The van der Waals surface area contributed by atoms with Crippen LogP contribution in [0.25, 0.3) is 33.9 Å². The fourth-order valence-electron chi connectivity index (χ4n) is 4.93. The molecule has 1 N–H and O–H groups in total. The van der Waals surface area contributed by atoms with Gasteiger partial charge in [0.15, 0.2) is 5.69 Å². The number of carbonyl (C=O) groups is 2. The predicted octanol–water partition coefficient (Wildman–Crippen LogP) is 11.7. The van der Waals surface area contributed by atoms with E-state index in [1.165, 1.54) is 4.68 Å². The van der Waals surface area contributed by atoms with Crippen molar-refractivity contribution in [3.63, 3.8) is 0 Å². The minimum atomic E-state index is -1.11. The van der Waals surface area contributed by atoms with Crippen molar-refractivity contribution < 1.29 is 14.7 Å². The lowest BCUT2D eigenvalue weighted by Gasteiger charge is -2.11. The van der Waals surface area contributed by atoms with Crippen LogP contribution < -0.4 is 0 Å². The van der Waals surface area contributed by atoms with Gasteiger partial charge in [0.1, 0.15) is 5.69 Å². The number of halogens is 7. The van der Waals surface area contributed by atoms with Crippen LogP contribution in [-0.2, 0) is 0 Å². The third-order valence-corrected chi connectivity index (χ3v) is 8.90. The van der Waals surface area contributed by atoms with Gasteiger partial charge in [0.05, 0.1) is 32.8 Å². The topological polar surface area (TPSA) is 90.0 Å². The maximum Gasteiger partial charge on any atom is 0.356 e. The van der Waals surface area contributed by atoms with E-state index in [2.05, 4.69) is 10.2 Å². The molecule has 0 aliphatic rings. The van der Waals surface area contributed by atoms with Crippen molar-refractivity contribution in [2.75, 3.05) is 0 Å². The highest BCUT2D eigenvalue weighted by molar-refractivity contribution is 6.67. The van der Waals surface area contributed by atoms with Crippen LogP contribution in [0.5, 0.6) is 0 Å². The van der Waals surface area contributed by atoms with Crippen LogP contribution in [0.4, 0.5) is 0 Å². The molecule has 0 radical (unpaired) electrons. The Bertz CT molecular complexity index is 2020. The average Bonchev–Trinajstić information content (AvgIpc) is 3.55. The molecule has 0 fully saturated rings. The van der Waals surface area contributed by atoms with E-state index in [0.29, 0.717) is 64.0 Å². The van der Waals surface area contributed by atoms with E-state index >= 15 is 0 Å². The molecule has 6 aromatic rings. The first-order chi connectivity index (χ1) is 22.8. The van der Waals surface area contributed by atoms with Crippen LogP contribution in [0.15, 0.2) is 84.9 Å². The second kappa shape index (κ2) is 14.9. The first-order valence-electron chi connectivity index (χ1n) is 13.8. The lowest BCUT2D eigenvalue weighted by Crippen LogP contribution is -2.03. The smallest absolute Gasteiger partial charge is 0.356 e. The molecular formula is C34H21Cl7N4O3. The highest BCUT2D eigenvalue weighted by atomic mass is 35.5. The van der Waals surface area contributed by atoms with Crippen molar-refractivity contribution >= 4 is 92.4 Å². The van der Waals surface area contributed by atoms with Gasteiger partial charge in [-0.05, 0) is 86.1 Å². The van der Waals surface area contributed by atoms with Crippen molar-refractivity contribution in [3.05, 3.63) is 138 Å². The van der Waals surface area contributed by atoms with Crippen LogP contribution in [0.3, 0.4) is 0 Å². The van der Waals surface area contributed by atoms with Gasteiger partial charge in [0.25, 0.3) is 5.24 Å². The first-order valence-corrected chi connectivity index (χ1v) is 16.5. The van der Waals surface area contributed by atoms with Gasteiger partial charge in [0, 0.05) is 42.3 Å². The Morgan fingerprint density at radius 2 is 0.917 bits per heavy atom. The molecule has 2 heterocycles. The van der Waals surface area contributed by atoms with Gasteiger partial charge in [-0.25, -0.2) is 14.2 Å². The van der Waals surface area contributed by atoms with E-state index in [1.54, 1.807) is 91.3 Å². The van der Waals surface area contributed by atoms with Crippen molar-refractivity contribution in [1.82, 2.24) is 19.6 Å². The van der Waals surface area contributed by atoms with Crippen LogP contribution in [0, 0.1) is 13.8 Å². The Morgan fingerprint density at radius 1 is 0.562 bits per heavy atom. The number of carboxylic acid groups (broad SMARTS) is 1. The van der Waals surface area contributed by atoms with Gasteiger partial charge in [0.2, 0.25) is 0 Å². The third-order valence-electron chi connectivity index (χ3n) is 7.14. The monoisotopic (exact) mass is 778 g/mol. The molecule has 4 aromatic carbocycles. The predicted molar refractivity (Wildman–Crippen MR) is 195 cm³/mol. The highest BCUT2D eigenvalue weighted by Crippen LogP contribution is 2.35. The maximum atomic E-state index is 11.7. The summed E-state index contributed by atoms with van der Waals surface area (Å²) >= 11 is 42.1. The quantitative estimate of drug-likeness (QED) is 0.170. The molecule has 0 bridgehead atoms. The summed E-state index contributed by atoms with van der Waals surface area (Å²) in [5, 5.41) is 20.3. The molecule has 2 aromatic heterocycles. The van der Waals surface area contributed by atoms with Crippen molar-refractivity contribution in [2.24, 2.45) is 0 Å². The molecule has 48 heavy (non-hydrogen) atoms. The van der Waals surface area contributed by atoms with Gasteiger partial charge in [-0.2, -0.15) is 10.2 Å². The molecule has 0 spiro atoms. The molecule has 14 heteroatoms. The summed E-state index contributed by atoms with van der Waals surface area (Å²) in [6, 6.07) is 24.3. The number of carboxylic acids is 1. The van der Waals surface area contributed by atoms with Crippen molar-refractivity contribution in [3.8, 4) is 33.9 Å². The zero-order valence-corrected chi connectivity index (χ0v) is 30.1. The Kier molecular flexibility index (Phi) is 11.1. The summed E-state index contributed by atoms with van der Waals surface area (Å²) in [7, 11) is 0. The molecule has 0 atom stereocenters. The summed E-state index contributed by atoms with van der Waals surface area (Å²) in [6.07, 6.45) is 0. The normalized spacial score (nSPS) is 10.9. The molecule has 0 aliphatic carbocycles. The second-order valence-corrected chi connectivity index (χ2v) is 13.2. The van der Waals surface area contributed by atoms with Crippen LogP contribution in [0.2, 0.25) is 30.1 Å². The van der Waals surface area contributed by atoms with E-state index < -0.39 is 11.2 Å². The van der Waals surface area contributed by atoms with E-state index in [-0.39, 0.29) is 11.4 Å². The maximum absolute atomic E-state index is 11.7. The Labute approximate surface area is 310 Å². The van der Waals surface area contributed by atoms with E-state index in [0.717, 1.165) is 11.1 Å². The van der Waals surface area contributed by atoms with E-state index in [4.69, 9.17) is 81.2 Å². The summed E-state index contributed by atoms with van der Waals surface area (Å²) in [5.74, 6) is -1.11. The summed E-state index contributed by atoms with van der Waals surface area (Å²) in [6.45, 7) is 3.49. The molecule has 0 aliphatic heterocycles. The van der Waals surface area contributed by atoms with Gasteiger partial charge >= 0.3 is 5.97 Å². The molecule has 0 amide bonds. The molecule has 0 saturated carbocycles. The third kappa shape index (κ3) is 7.53. The zero-order chi connectivity index (χ0) is 34.9. The largest absolute Gasteiger partial charge is 0.476 e. The average molecular weight is 782 g/mol. The number of benzene rings is 4. The fourth-order valence-corrected chi connectivity index (χ4v) is 6.34. The SMILES string of the molecule is Cc1c(C(=O)Cl)nn(-c2ccc(Cl)cc2Cl)c1-c1ccc(Cl)cc1.Cc1c(C(=O)O)nn(-c2ccc(Cl)cc2Cl)c1-c1ccc(Cl)cc1. The number of aromatic carboxylic acids is 1. The molecular weight excluding hydrogens is 761 g/mol. The van der Waals surface area contributed by atoms with Gasteiger partial charge < -0.3 is 5.11 Å². The van der Waals surface area contributed by atoms with Gasteiger partial charge in [-0.3, -0.25) is 4.79 Å². The summed E-state index contributed by atoms with van der Waals surface area (Å²) in [4.78, 5) is 23.2. The lowest BCUT2D eigenvalue weighted by atomic mass is 10.1. The van der Waals surface area contributed by atoms with Crippen LogP contribution >= 0.6 is 81.2 Å². The molecule has 6 rings (SSSR count). The van der Waals surface area contributed by atoms with Crippen LogP contribution in [0.1, 0.15) is 32.1 Å². The Balaban J connectivity index is 0.000000188. The van der Waals surface area contributed by atoms with Crippen molar-refractivity contribution in [2.45, 2.75) is 13.8 Å². The number of nitrogens with zero attached hydrogens (tertiary/aromatic N) is 4. The van der Waals surface area contributed by atoms with E-state index in [1.807, 2.05) is 12.1 Å². The van der Waals surface area contributed by atoms with Gasteiger partial charge in [-0.15, -0.1) is 0 Å². The standard InChI is InChI=1S/C17H10Cl4N2O.C17H11Cl3N2O2/c1-9-15(17(21)24)22-23(14-7-6-12(19)8-13(14)20)16(9)10-2-4-11(18)5-3-10;1-9-15(17(23)24)21-22(14-7-6-12(19)8-13(14)20)16(9)10-2-4-11(18)5-3-10/h2-8H,1H3;2-8H,1H3,(H,23,24). The number of rotatable bonds is 6. The highest BCUT2D eigenvalue weighted by Gasteiger charge is 2.24. The van der Waals surface area contributed by atoms with Gasteiger partial charge in [-0.1, -0.05) is 93.9 Å². The molecule has 244 valence electrons. The Hall–Kier alpha value is -3.53. The number of hydrogen-bond acceptors (Lipinski definition) is 4. The van der Waals surface area contributed by atoms with E-state index in [9.17, 15) is 14.7 Å². The van der Waals surface area contributed by atoms with Crippen LogP contribution in [-0.4, -0.2) is 35.9 Å². The molecule has 0 unspecified atom stereocenters. The minimum Gasteiger partial charge on any atom is -0.476 e.